The monoisotopic (exact) mass is 218 g/mol. The third-order valence-corrected chi connectivity index (χ3v) is 2.38. The summed E-state index contributed by atoms with van der Waals surface area (Å²) in [7, 11) is 0. The Bertz CT molecular complexity index is 245. The highest BCUT2D eigenvalue weighted by atomic mass is 79.9. The minimum atomic E-state index is -0.0136. The van der Waals surface area contributed by atoms with Gasteiger partial charge in [-0.3, -0.25) is 0 Å². The van der Waals surface area contributed by atoms with Crippen molar-refractivity contribution in [2.24, 2.45) is 0 Å². The van der Waals surface area contributed by atoms with Gasteiger partial charge in [-0.15, -0.1) is 0 Å². The van der Waals surface area contributed by atoms with Crippen molar-refractivity contribution in [3.8, 4) is 0 Å². The zero-order valence-corrected chi connectivity index (χ0v) is 8.17. The number of halogens is 1. The van der Waals surface area contributed by atoms with Crippen molar-refractivity contribution in [1.82, 2.24) is 9.55 Å². The highest BCUT2D eigenvalue weighted by Crippen LogP contribution is 2.19. The van der Waals surface area contributed by atoms with Crippen LogP contribution in [0.5, 0.6) is 0 Å². The normalized spacial score (nSPS) is 11.0. The van der Waals surface area contributed by atoms with E-state index in [4.69, 9.17) is 5.11 Å². The molecule has 0 saturated heterocycles. The molecule has 0 radical (unpaired) electrons. The number of aromatic nitrogens is 2. The first-order valence-corrected chi connectivity index (χ1v) is 4.28. The average molecular weight is 219 g/mol. The van der Waals surface area contributed by atoms with E-state index in [-0.39, 0.29) is 6.61 Å². The zero-order valence-electron chi connectivity index (χ0n) is 6.58. The third-order valence-electron chi connectivity index (χ3n) is 1.51. The maximum atomic E-state index is 8.81. The maximum Gasteiger partial charge on any atom is 0.110 e. The summed E-state index contributed by atoms with van der Waals surface area (Å²) in [6.45, 7) is 4.11. The molecule has 0 aliphatic rings. The van der Waals surface area contributed by atoms with Gasteiger partial charge < -0.3 is 9.67 Å². The molecule has 4 heteroatoms. The van der Waals surface area contributed by atoms with Crippen LogP contribution in [0, 0.1) is 0 Å². The molecule has 0 aromatic carbocycles. The second kappa shape index (κ2) is 3.36. The van der Waals surface area contributed by atoms with Crippen LogP contribution < -0.4 is 0 Å². The van der Waals surface area contributed by atoms with Gasteiger partial charge in [0.15, 0.2) is 0 Å². The fourth-order valence-electron chi connectivity index (χ4n) is 0.851. The smallest absolute Gasteiger partial charge is 0.110 e. The van der Waals surface area contributed by atoms with Gasteiger partial charge in [-0.1, -0.05) is 0 Å². The summed E-state index contributed by atoms with van der Waals surface area (Å²) in [6.07, 6.45) is 1.72. The molecule has 3 nitrogen and oxygen atoms in total. The van der Waals surface area contributed by atoms with Crippen LogP contribution in [-0.2, 0) is 6.61 Å². The molecule has 0 spiro atoms. The fourth-order valence-corrected chi connectivity index (χ4v) is 1.58. The van der Waals surface area contributed by atoms with Crippen molar-refractivity contribution in [3.63, 3.8) is 0 Å². The molecule has 0 saturated carbocycles. The van der Waals surface area contributed by atoms with Crippen molar-refractivity contribution in [1.29, 1.82) is 0 Å². The number of nitrogens with zero attached hydrogens (tertiary/aromatic N) is 2. The molecule has 1 heterocycles. The number of aliphatic hydroxyl groups is 1. The molecule has 1 aromatic rings. The van der Waals surface area contributed by atoms with Crippen molar-refractivity contribution in [2.45, 2.75) is 26.5 Å². The van der Waals surface area contributed by atoms with Crippen LogP contribution in [0.4, 0.5) is 0 Å². The van der Waals surface area contributed by atoms with Crippen LogP contribution in [0.15, 0.2) is 10.9 Å². The van der Waals surface area contributed by atoms with Crippen LogP contribution in [0.25, 0.3) is 0 Å². The summed E-state index contributed by atoms with van der Waals surface area (Å²) in [4.78, 5) is 4.02. The van der Waals surface area contributed by atoms with Crippen molar-refractivity contribution in [3.05, 3.63) is 16.6 Å². The summed E-state index contributed by atoms with van der Waals surface area (Å²) < 4.78 is 2.83. The van der Waals surface area contributed by atoms with Gasteiger partial charge in [0, 0.05) is 6.04 Å². The Morgan fingerprint density at radius 2 is 2.36 bits per heavy atom. The number of rotatable bonds is 2. The lowest BCUT2D eigenvalue weighted by atomic mass is 10.4. The predicted octanol–water partition coefficient (Wildman–Crippen LogP) is 1.72. The van der Waals surface area contributed by atoms with E-state index in [2.05, 4.69) is 34.8 Å². The first-order valence-electron chi connectivity index (χ1n) is 3.49. The van der Waals surface area contributed by atoms with Crippen LogP contribution in [0.2, 0.25) is 0 Å². The summed E-state index contributed by atoms with van der Waals surface area (Å²) in [5.74, 6) is 0. The molecule has 0 atom stereocenters. The summed E-state index contributed by atoms with van der Waals surface area (Å²) in [6, 6.07) is 0.372. The molecule has 0 unspecified atom stereocenters. The van der Waals surface area contributed by atoms with Gasteiger partial charge in [0.05, 0.1) is 18.6 Å². The van der Waals surface area contributed by atoms with E-state index in [1.165, 1.54) is 0 Å². The molecular weight excluding hydrogens is 208 g/mol. The number of aliphatic hydroxyl groups excluding tert-OH is 1. The SMILES string of the molecule is CC(C)n1cnc(CO)c1Br. The summed E-state index contributed by atoms with van der Waals surface area (Å²) in [5.41, 5.74) is 0.693. The van der Waals surface area contributed by atoms with E-state index >= 15 is 0 Å². The molecule has 1 aromatic heterocycles. The number of hydrogen-bond donors (Lipinski definition) is 1. The number of imidazole rings is 1. The molecular formula is C7H11BrN2O. The highest BCUT2D eigenvalue weighted by Gasteiger charge is 2.08. The van der Waals surface area contributed by atoms with Gasteiger partial charge in [0.25, 0.3) is 0 Å². The lowest BCUT2D eigenvalue weighted by Gasteiger charge is -2.07. The second-order valence-electron chi connectivity index (χ2n) is 2.64. The topological polar surface area (TPSA) is 38.0 Å². The Morgan fingerprint density at radius 3 is 2.64 bits per heavy atom. The molecule has 0 fully saturated rings. The molecule has 62 valence electrons. The van der Waals surface area contributed by atoms with Crippen LogP contribution in [-0.4, -0.2) is 14.7 Å². The van der Waals surface area contributed by atoms with Gasteiger partial charge in [-0.25, -0.2) is 4.98 Å². The quantitative estimate of drug-likeness (QED) is 0.822. The standard InChI is InChI=1S/C7H11BrN2O/c1-5(2)10-4-9-6(3-11)7(10)8/h4-5,11H,3H2,1-2H3. The van der Waals surface area contributed by atoms with E-state index in [0.717, 1.165) is 4.60 Å². The summed E-state index contributed by atoms with van der Waals surface area (Å²) >= 11 is 3.35. The van der Waals surface area contributed by atoms with Crippen molar-refractivity contribution < 1.29 is 5.11 Å². The van der Waals surface area contributed by atoms with Gasteiger partial charge in [-0.2, -0.15) is 0 Å². The molecule has 1 rings (SSSR count). The lowest BCUT2D eigenvalue weighted by molar-refractivity contribution is 0.276. The minimum Gasteiger partial charge on any atom is -0.390 e. The van der Waals surface area contributed by atoms with E-state index in [1.807, 2.05) is 4.57 Å². The Kier molecular flexibility index (Phi) is 2.67. The van der Waals surface area contributed by atoms with Gasteiger partial charge >= 0.3 is 0 Å². The molecule has 1 N–H and O–H groups in total. The first kappa shape index (κ1) is 8.74. The predicted molar refractivity (Wildman–Crippen MR) is 46.2 cm³/mol. The Balaban J connectivity index is 3.00. The largest absolute Gasteiger partial charge is 0.390 e. The van der Waals surface area contributed by atoms with Gasteiger partial charge in [0.1, 0.15) is 4.60 Å². The lowest BCUT2D eigenvalue weighted by Crippen LogP contribution is -1.99. The Labute approximate surface area is 74.2 Å². The molecule has 11 heavy (non-hydrogen) atoms. The fraction of sp³-hybridized carbons (Fsp3) is 0.571. The minimum absolute atomic E-state index is 0.0136. The average Bonchev–Trinajstić information content (AvgIpc) is 2.30. The van der Waals surface area contributed by atoms with Crippen molar-refractivity contribution in [2.75, 3.05) is 0 Å². The van der Waals surface area contributed by atoms with Crippen LogP contribution in [0.3, 0.4) is 0 Å². The highest BCUT2D eigenvalue weighted by molar-refractivity contribution is 9.10. The van der Waals surface area contributed by atoms with E-state index in [1.54, 1.807) is 6.33 Å². The van der Waals surface area contributed by atoms with E-state index in [0.29, 0.717) is 11.7 Å². The maximum absolute atomic E-state index is 8.81. The van der Waals surface area contributed by atoms with Gasteiger partial charge in [0.2, 0.25) is 0 Å². The first-order chi connectivity index (χ1) is 5.16. The molecule has 0 bridgehead atoms. The zero-order chi connectivity index (χ0) is 8.43. The molecule has 0 aliphatic carbocycles. The van der Waals surface area contributed by atoms with Crippen LogP contribution >= 0.6 is 15.9 Å². The van der Waals surface area contributed by atoms with E-state index < -0.39 is 0 Å². The van der Waals surface area contributed by atoms with Crippen LogP contribution in [0.1, 0.15) is 25.6 Å². The second-order valence-corrected chi connectivity index (χ2v) is 3.39. The summed E-state index contributed by atoms with van der Waals surface area (Å²) in [5, 5.41) is 8.81. The number of hydrogen-bond acceptors (Lipinski definition) is 2. The Morgan fingerprint density at radius 1 is 1.73 bits per heavy atom. The third kappa shape index (κ3) is 1.62. The molecule has 0 amide bonds. The van der Waals surface area contributed by atoms with Crippen molar-refractivity contribution >= 4 is 15.9 Å². The van der Waals surface area contributed by atoms with E-state index in [9.17, 15) is 0 Å². The van der Waals surface area contributed by atoms with Gasteiger partial charge in [-0.05, 0) is 29.8 Å². The molecule has 0 aliphatic heterocycles. The Hall–Kier alpha value is -0.350.